The van der Waals surface area contributed by atoms with Crippen molar-refractivity contribution in [3.63, 3.8) is 0 Å². The van der Waals surface area contributed by atoms with Crippen molar-refractivity contribution < 1.29 is 15.0 Å². The lowest BCUT2D eigenvalue weighted by molar-refractivity contribution is -0.0402. The summed E-state index contributed by atoms with van der Waals surface area (Å²) in [4.78, 5) is 18.2. The number of carbonyl (C=O) groups excluding carboxylic acids is 1. The second kappa shape index (κ2) is 13.6. The highest BCUT2D eigenvalue weighted by Gasteiger charge is 2.46. The number of nitrogens with two attached hydrogens (primary N) is 1. The number of nitrogens with zero attached hydrogens (tertiary/aromatic N) is 3. The third-order valence-corrected chi connectivity index (χ3v) is 8.94. The van der Waals surface area contributed by atoms with E-state index in [0.717, 1.165) is 53.3 Å². The first-order chi connectivity index (χ1) is 20.8. The van der Waals surface area contributed by atoms with Gasteiger partial charge >= 0.3 is 6.03 Å². The fourth-order valence-electron chi connectivity index (χ4n) is 6.19. The van der Waals surface area contributed by atoms with Gasteiger partial charge in [0.05, 0.1) is 17.6 Å². The van der Waals surface area contributed by atoms with Gasteiger partial charge in [0.25, 0.3) is 0 Å². The molecule has 4 atom stereocenters. The first-order valence-electron chi connectivity index (χ1n) is 15.6. The summed E-state index contributed by atoms with van der Waals surface area (Å²) in [5, 5.41) is 31.6. The summed E-state index contributed by atoms with van der Waals surface area (Å²) >= 11 is 0. The summed E-state index contributed by atoms with van der Waals surface area (Å²) < 4.78 is 0. The Morgan fingerprint density at radius 2 is 1.28 bits per heavy atom. The lowest BCUT2D eigenvalue weighted by Crippen LogP contribution is -2.51. The van der Waals surface area contributed by atoms with E-state index in [1.54, 1.807) is 9.80 Å². The van der Waals surface area contributed by atoms with Crippen LogP contribution in [0.4, 0.5) is 10.6 Å². The SMILES string of the molecule is CCCCN1C(=O)N(Cc2ccc3[nH]nc(N)c3c2)[C@H](Cc2ccc(CC)cc2)[C@H](O)[C@@H](O)[C@H]1Cc1ccc(CC)cc1. The minimum Gasteiger partial charge on any atom is -0.388 e. The average molecular weight is 584 g/mol. The second-order valence-electron chi connectivity index (χ2n) is 11.8. The number of aromatic nitrogens is 2. The molecule has 1 fully saturated rings. The Morgan fingerprint density at radius 3 is 1.81 bits per heavy atom. The van der Waals surface area contributed by atoms with Crippen molar-refractivity contribution in [2.24, 2.45) is 0 Å². The number of nitrogens with one attached hydrogen (secondary N) is 1. The van der Waals surface area contributed by atoms with E-state index in [0.29, 0.717) is 25.2 Å². The van der Waals surface area contributed by atoms with Gasteiger partial charge < -0.3 is 25.7 Å². The van der Waals surface area contributed by atoms with Crippen LogP contribution in [0.5, 0.6) is 0 Å². The Hall–Kier alpha value is -3.88. The van der Waals surface area contributed by atoms with E-state index < -0.39 is 24.3 Å². The number of fused-ring (bicyclic) bond motifs is 1. The quantitative estimate of drug-likeness (QED) is 0.192. The van der Waals surface area contributed by atoms with Crippen molar-refractivity contribution >= 4 is 22.8 Å². The van der Waals surface area contributed by atoms with Crippen LogP contribution < -0.4 is 5.73 Å². The highest BCUT2D eigenvalue weighted by Crippen LogP contribution is 2.30. The largest absolute Gasteiger partial charge is 0.388 e. The topological polar surface area (TPSA) is 119 Å². The number of rotatable bonds is 11. The molecule has 3 aromatic carbocycles. The molecule has 0 bridgehead atoms. The molecular formula is C35H45N5O3. The second-order valence-corrected chi connectivity index (χ2v) is 11.8. The molecule has 5 rings (SSSR count). The number of urea groups is 1. The highest BCUT2D eigenvalue weighted by atomic mass is 16.3. The molecule has 8 nitrogen and oxygen atoms in total. The van der Waals surface area contributed by atoms with Gasteiger partial charge in [0.1, 0.15) is 12.2 Å². The van der Waals surface area contributed by atoms with Gasteiger partial charge in [-0.05, 0) is 72.1 Å². The third kappa shape index (κ3) is 6.71. The molecule has 43 heavy (non-hydrogen) atoms. The Kier molecular flexibility index (Phi) is 9.68. The molecule has 1 aromatic heterocycles. The summed E-state index contributed by atoms with van der Waals surface area (Å²) in [6.45, 7) is 7.09. The minimum atomic E-state index is -1.15. The molecule has 228 valence electrons. The summed E-state index contributed by atoms with van der Waals surface area (Å²) in [6, 6.07) is 21.1. The number of aryl methyl sites for hydroxylation is 2. The van der Waals surface area contributed by atoms with Crippen molar-refractivity contribution in [3.05, 3.63) is 94.5 Å². The molecule has 1 saturated heterocycles. The fraction of sp³-hybridized carbons (Fsp3) is 0.429. The van der Waals surface area contributed by atoms with Crippen molar-refractivity contribution in [3.8, 4) is 0 Å². The molecule has 0 radical (unpaired) electrons. The number of hydrogen-bond acceptors (Lipinski definition) is 5. The van der Waals surface area contributed by atoms with Crippen molar-refractivity contribution in [1.29, 1.82) is 0 Å². The standard InChI is InChI=1S/C35H45N5O3/c1-4-7-18-39-30(20-25-12-8-23(5-2)9-13-25)32(41)33(42)31(21-26-14-10-24(6-3)11-15-26)40(35(39)43)22-27-16-17-29-28(19-27)34(36)38-37-29/h8-17,19,30-33,41-42H,4-7,18,20-22H2,1-3H3,(H3,36,37,38)/t30-,31-,32+,33+/m1/s1. The predicted molar refractivity (Wildman–Crippen MR) is 172 cm³/mol. The van der Waals surface area contributed by atoms with E-state index in [-0.39, 0.29) is 12.6 Å². The summed E-state index contributed by atoms with van der Waals surface area (Å²) in [7, 11) is 0. The Morgan fingerprint density at radius 1 is 0.767 bits per heavy atom. The van der Waals surface area contributed by atoms with Gasteiger partial charge in [-0.1, -0.05) is 81.8 Å². The third-order valence-electron chi connectivity index (χ3n) is 8.94. The number of amides is 2. The van der Waals surface area contributed by atoms with Crippen LogP contribution in [0.3, 0.4) is 0 Å². The summed E-state index contributed by atoms with van der Waals surface area (Å²) in [5.74, 6) is 0.404. The van der Waals surface area contributed by atoms with Crippen molar-refractivity contribution in [2.75, 3.05) is 12.3 Å². The van der Waals surface area contributed by atoms with Crippen molar-refractivity contribution in [2.45, 2.75) is 90.1 Å². The Bertz CT molecular complexity index is 1500. The van der Waals surface area contributed by atoms with Gasteiger partial charge in [-0.15, -0.1) is 0 Å². The van der Waals surface area contributed by atoms with E-state index in [1.165, 1.54) is 11.1 Å². The number of carbonyl (C=O) groups is 1. The monoisotopic (exact) mass is 583 g/mol. The number of benzene rings is 3. The van der Waals surface area contributed by atoms with Crippen LogP contribution >= 0.6 is 0 Å². The lowest BCUT2D eigenvalue weighted by Gasteiger charge is -2.35. The number of unbranched alkanes of at least 4 members (excludes halogenated alkanes) is 1. The number of H-pyrrole nitrogens is 1. The van der Waals surface area contributed by atoms with Crippen molar-refractivity contribution in [1.82, 2.24) is 20.0 Å². The van der Waals surface area contributed by atoms with Gasteiger partial charge in [0.2, 0.25) is 0 Å². The zero-order valence-electron chi connectivity index (χ0n) is 25.5. The number of hydrogen-bond donors (Lipinski definition) is 4. The van der Waals surface area contributed by atoms with Crippen LogP contribution in [0.2, 0.25) is 0 Å². The summed E-state index contributed by atoms with van der Waals surface area (Å²) in [6.07, 6.45) is 2.19. The van der Waals surface area contributed by atoms with Crippen LogP contribution in [-0.4, -0.2) is 67.1 Å². The first kappa shape index (κ1) is 30.6. The normalized spacial score (nSPS) is 21.0. The number of anilines is 1. The zero-order chi connectivity index (χ0) is 30.5. The van der Waals surface area contributed by atoms with E-state index >= 15 is 0 Å². The van der Waals surface area contributed by atoms with Gasteiger partial charge in [-0.25, -0.2) is 4.79 Å². The minimum absolute atomic E-state index is 0.172. The van der Waals surface area contributed by atoms with Crippen LogP contribution in [0, 0.1) is 0 Å². The maximum atomic E-state index is 14.6. The van der Waals surface area contributed by atoms with Gasteiger partial charge in [0, 0.05) is 18.5 Å². The highest BCUT2D eigenvalue weighted by molar-refractivity contribution is 5.89. The number of aliphatic hydroxyl groups excluding tert-OH is 2. The molecule has 0 spiro atoms. The molecule has 0 unspecified atom stereocenters. The molecule has 4 aromatic rings. The van der Waals surface area contributed by atoms with E-state index in [9.17, 15) is 15.0 Å². The average Bonchev–Trinajstić information content (AvgIpc) is 3.39. The van der Waals surface area contributed by atoms with Gasteiger partial charge in [0.15, 0.2) is 5.82 Å². The van der Waals surface area contributed by atoms with Crippen LogP contribution in [0.25, 0.3) is 10.9 Å². The number of nitrogen functional groups attached to an aromatic ring is 1. The predicted octanol–water partition coefficient (Wildman–Crippen LogP) is 5.25. The molecule has 5 N–H and O–H groups in total. The molecule has 0 aliphatic carbocycles. The smallest absolute Gasteiger partial charge is 0.321 e. The maximum Gasteiger partial charge on any atom is 0.321 e. The molecule has 1 aliphatic rings. The van der Waals surface area contributed by atoms with Gasteiger partial charge in [-0.2, -0.15) is 5.10 Å². The molecule has 2 amide bonds. The van der Waals surface area contributed by atoms with Gasteiger partial charge in [-0.3, -0.25) is 5.10 Å². The zero-order valence-corrected chi connectivity index (χ0v) is 25.5. The van der Waals surface area contributed by atoms with E-state index in [2.05, 4.69) is 79.5 Å². The molecule has 0 saturated carbocycles. The Balaban J connectivity index is 1.54. The maximum absolute atomic E-state index is 14.6. The lowest BCUT2D eigenvalue weighted by atomic mass is 9.90. The molecule has 1 aliphatic heterocycles. The number of aromatic amines is 1. The molecular weight excluding hydrogens is 538 g/mol. The molecule has 2 heterocycles. The number of aliphatic hydroxyl groups is 2. The Labute approximate surface area is 254 Å². The fourth-order valence-corrected chi connectivity index (χ4v) is 6.19. The first-order valence-corrected chi connectivity index (χ1v) is 15.6. The van der Waals surface area contributed by atoms with Crippen LogP contribution in [0.1, 0.15) is 61.4 Å². The van der Waals surface area contributed by atoms with Crippen LogP contribution in [0.15, 0.2) is 66.7 Å². The van der Waals surface area contributed by atoms with Crippen LogP contribution in [-0.2, 0) is 32.2 Å². The van der Waals surface area contributed by atoms with E-state index in [1.807, 2.05) is 18.2 Å². The summed E-state index contributed by atoms with van der Waals surface area (Å²) in [5.41, 5.74) is 12.3. The molecule has 8 heteroatoms. The van der Waals surface area contributed by atoms with E-state index in [4.69, 9.17) is 5.73 Å².